The molecule has 1 atom stereocenters. The molecule has 0 aromatic heterocycles. The summed E-state index contributed by atoms with van der Waals surface area (Å²) >= 11 is 0. The standard InChI is InChI=1S/C20H24F2N2O2/c1-3-5-7-8-9-19(25)24-18(20(26)23-10-6-4-2)13-15-11-16(21)14-17(22)12-15/h2,8-9,11-12,14,18H,3,5-7,10,13H2,1H3,(H,23,26)(H,24,25)/b9-8+/t18-/m0/s1. The Morgan fingerprint density at radius 3 is 2.58 bits per heavy atom. The Morgan fingerprint density at radius 1 is 1.27 bits per heavy atom. The molecule has 0 radical (unpaired) electrons. The molecule has 6 heteroatoms. The Morgan fingerprint density at radius 2 is 1.96 bits per heavy atom. The van der Waals surface area contributed by atoms with Crippen molar-refractivity contribution in [3.05, 3.63) is 47.5 Å². The van der Waals surface area contributed by atoms with Gasteiger partial charge in [-0.25, -0.2) is 8.78 Å². The molecule has 26 heavy (non-hydrogen) atoms. The predicted octanol–water partition coefficient (Wildman–Crippen LogP) is 2.88. The maximum atomic E-state index is 13.4. The number of halogens is 2. The van der Waals surface area contributed by atoms with E-state index in [0.29, 0.717) is 6.42 Å². The highest BCUT2D eigenvalue weighted by Crippen LogP contribution is 2.10. The number of nitrogens with one attached hydrogen (secondary N) is 2. The Kier molecular flexibility index (Phi) is 9.70. The molecular weight excluding hydrogens is 338 g/mol. The van der Waals surface area contributed by atoms with E-state index in [0.717, 1.165) is 37.5 Å². The van der Waals surface area contributed by atoms with E-state index in [1.54, 1.807) is 6.08 Å². The first-order valence-electron chi connectivity index (χ1n) is 8.59. The lowest BCUT2D eigenvalue weighted by Gasteiger charge is -2.18. The summed E-state index contributed by atoms with van der Waals surface area (Å²) in [5.41, 5.74) is 0.273. The van der Waals surface area contributed by atoms with E-state index in [1.807, 2.05) is 6.92 Å². The average molecular weight is 362 g/mol. The number of amides is 2. The Hall–Kier alpha value is -2.68. The number of hydrogen-bond donors (Lipinski definition) is 2. The second-order valence-electron chi connectivity index (χ2n) is 5.83. The van der Waals surface area contributed by atoms with Gasteiger partial charge in [-0.1, -0.05) is 25.8 Å². The number of carbonyl (C=O) groups excluding carboxylic acids is 2. The smallest absolute Gasteiger partial charge is 0.244 e. The largest absolute Gasteiger partial charge is 0.353 e. The second kappa shape index (κ2) is 11.8. The molecule has 0 aliphatic carbocycles. The van der Waals surface area contributed by atoms with Crippen molar-refractivity contribution in [2.75, 3.05) is 6.54 Å². The van der Waals surface area contributed by atoms with Gasteiger partial charge in [-0.05, 0) is 30.2 Å². The van der Waals surface area contributed by atoms with Gasteiger partial charge in [0.05, 0.1) is 0 Å². The minimum atomic E-state index is -0.961. The third-order valence-corrected chi connectivity index (χ3v) is 3.56. The highest BCUT2D eigenvalue weighted by atomic mass is 19.1. The van der Waals surface area contributed by atoms with Crippen LogP contribution in [-0.2, 0) is 16.0 Å². The van der Waals surface area contributed by atoms with Crippen LogP contribution in [0.4, 0.5) is 8.78 Å². The third kappa shape index (κ3) is 8.43. The number of benzene rings is 1. The molecule has 2 N–H and O–H groups in total. The van der Waals surface area contributed by atoms with Gasteiger partial charge in [0.2, 0.25) is 11.8 Å². The van der Waals surface area contributed by atoms with Crippen LogP contribution in [0.1, 0.15) is 38.2 Å². The molecule has 1 aromatic carbocycles. The van der Waals surface area contributed by atoms with Crippen molar-refractivity contribution in [3.63, 3.8) is 0 Å². The van der Waals surface area contributed by atoms with Gasteiger partial charge in [0.25, 0.3) is 0 Å². The molecule has 140 valence electrons. The molecule has 0 saturated heterocycles. The maximum absolute atomic E-state index is 13.4. The molecule has 0 heterocycles. The Bertz CT molecular complexity index is 661. The average Bonchev–Trinajstić information content (AvgIpc) is 2.57. The topological polar surface area (TPSA) is 58.2 Å². The summed E-state index contributed by atoms with van der Waals surface area (Å²) in [6, 6.07) is 2.06. The van der Waals surface area contributed by atoms with Crippen molar-refractivity contribution in [2.45, 2.75) is 45.1 Å². The van der Waals surface area contributed by atoms with Crippen molar-refractivity contribution in [1.82, 2.24) is 10.6 Å². The normalized spacial score (nSPS) is 11.8. The fraction of sp³-hybridized carbons (Fsp3) is 0.400. The summed E-state index contributed by atoms with van der Waals surface area (Å²) < 4.78 is 26.7. The van der Waals surface area contributed by atoms with Crippen LogP contribution < -0.4 is 10.6 Å². The summed E-state index contributed by atoms with van der Waals surface area (Å²) in [7, 11) is 0. The van der Waals surface area contributed by atoms with Crippen LogP contribution in [0.15, 0.2) is 30.4 Å². The van der Waals surface area contributed by atoms with Crippen LogP contribution in [0.5, 0.6) is 0 Å². The predicted molar refractivity (Wildman–Crippen MR) is 97.1 cm³/mol. The van der Waals surface area contributed by atoms with Crippen LogP contribution >= 0.6 is 0 Å². The minimum Gasteiger partial charge on any atom is -0.353 e. The van der Waals surface area contributed by atoms with Crippen LogP contribution in [-0.4, -0.2) is 24.4 Å². The van der Waals surface area contributed by atoms with Crippen LogP contribution in [0, 0.1) is 24.0 Å². The second-order valence-corrected chi connectivity index (χ2v) is 5.83. The molecule has 0 aliphatic rings. The molecule has 2 amide bonds. The molecule has 0 bridgehead atoms. The summed E-state index contributed by atoms with van der Waals surface area (Å²) in [6.45, 7) is 2.30. The van der Waals surface area contributed by atoms with Gasteiger partial charge in [-0.3, -0.25) is 9.59 Å². The Labute approximate surface area is 153 Å². The van der Waals surface area contributed by atoms with Crippen molar-refractivity contribution >= 4 is 11.8 Å². The zero-order chi connectivity index (χ0) is 19.4. The molecule has 0 spiro atoms. The van der Waals surface area contributed by atoms with E-state index < -0.39 is 29.5 Å². The van der Waals surface area contributed by atoms with Gasteiger partial charge in [-0.2, -0.15) is 0 Å². The molecule has 0 fully saturated rings. The van der Waals surface area contributed by atoms with E-state index in [9.17, 15) is 18.4 Å². The first kappa shape index (κ1) is 21.4. The summed E-state index contributed by atoms with van der Waals surface area (Å²) in [6.07, 6.45) is 11.3. The van der Waals surface area contributed by atoms with E-state index in [1.165, 1.54) is 6.08 Å². The van der Waals surface area contributed by atoms with Gasteiger partial charge in [0.1, 0.15) is 17.7 Å². The lowest BCUT2D eigenvalue weighted by atomic mass is 10.0. The fourth-order valence-electron chi connectivity index (χ4n) is 2.29. The summed E-state index contributed by atoms with van der Waals surface area (Å²) in [4.78, 5) is 24.3. The number of carbonyl (C=O) groups is 2. The lowest BCUT2D eigenvalue weighted by molar-refractivity contribution is -0.127. The monoisotopic (exact) mass is 362 g/mol. The molecule has 1 aromatic rings. The van der Waals surface area contributed by atoms with Crippen molar-refractivity contribution < 1.29 is 18.4 Å². The van der Waals surface area contributed by atoms with Gasteiger partial charge in [-0.15, -0.1) is 12.3 Å². The van der Waals surface area contributed by atoms with Gasteiger partial charge in [0, 0.05) is 25.5 Å². The van der Waals surface area contributed by atoms with Crippen LogP contribution in [0.25, 0.3) is 0 Å². The molecule has 0 aliphatic heterocycles. The molecule has 0 unspecified atom stereocenters. The number of rotatable bonds is 10. The van der Waals surface area contributed by atoms with Crippen molar-refractivity contribution in [1.29, 1.82) is 0 Å². The first-order valence-corrected chi connectivity index (χ1v) is 8.59. The summed E-state index contributed by atoms with van der Waals surface area (Å²) in [5.74, 6) is 0.0243. The molecule has 0 saturated carbocycles. The third-order valence-electron chi connectivity index (χ3n) is 3.56. The minimum absolute atomic E-state index is 0.0366. The lowest BCUT2D eigenvalue weighted by Crippen LogP contribution is -2.47. The first-order chi connectivity index (χ1) is 12.5. The van der Waals surface area contributed by atoms with Crippen molar-refractivity contribution in [3.8, 4) is 12.3 Å². The van der Waals surface area contributed by atoms with E-state index in [4.69, 9.17) is 6.42 Å². The number of allylic oxidation sites excluding steroid dienone is 1. The number of unbranched alkanes of at least 4 members (excludes halogenated alkanes) is 2. The van der Waals surface area contributed by atoms with E-state index in [-0.39, 0.29) is 18.5 Å². The maximum Gasteiger partial charge on any atom is 0.244 e. The van der Waals surface area contributed by atoms with Crippen LogP contribution in [0.3, 0.4) is 0 Å². The van der Waals surface area contributed by atoms with Gasteiger partial charge >= 0.3 is 0 Å². The van der Waals surface area contributed by atoms with Crippen molar-refractivity contribution in [2.24, 2.45) is 0 Å². The number of hydrogen-bond acceptors (Lipinski definition) is 2. The molecule has 1 rings (SSSR count). The van der Waals surface area contributed by atoms with Crippen LogP contribution in [0.2, 0.25) is 0 Å². The van der Waals surface area contributed by atoms with Gasteiger partial charge < -0.3 is 10.6 Å². The Balaban J connectivity index is 2.80. The van der Waals surface area contributed by atoms with E-state index in [2.05, 4.69) is 16.6 Å². The molecular formula is C20H24F2N2O2. The fourth-order valence-corrected chi connectivity index (χ4v) is 2.29. The van der Waals surface area contributed by atoms with Gasteiger partial charge in [0.15, 0.2) is 0 Å². The zero-order valence-electron chi connectivity index (χ0n) is 14.9. The summed E-state index contributed by atoms with van der Waals surface area (Å²) in [5, 5.41) is 5.18. The highest BCUT2D eigenvalue weighted by molar-refractivity contribution is 5.93. The molecule has 4 nitrogen and oxygen atoms in total. The SMILES string of the molecule is C#CCCNC(=O)[C@H](Cc1cc(F)cc(F)c1)NC(=O)/C=C/CCCC. The zero-order valence-corrected chi connectivity index (χ0v) is 14.9. The quantitative estimate of drug-likeness (QED) is 0.382. The number of terminal acetylenes is 1. The van der Waals surface area contributed by atoms with E-state index >= 15 is 0 Å². The highest BCUT2D eigenvalue weighted by Gasteiger charge is 2.20.